The maximum atomic E-state index is 13.3. The number of phenolic OH excluding ortho intramolecular Hbond substituents is 1. The average Bonchev–Trinajstić information content (AvgIpc) is 3.30. The summed E-state index contributed by atoms with van der Waals surface area (Å²) in [5.41, 5.74) is 6.15. The van der Waals surface area contributed by atoms with Crippen LogP contribution in [0.1, 0.15) is 95.6 Å². The molecule has 0 unspecified atom stereocenters. The van der Waals surface area contributed by atoms with Crippen LogP contribution in [0.5, 0.6) is 17.2 Å². The van der Waals surface area contributed by atoms with Crippen molar-refractivity contribution in [1.29, 1.82) is 0 Å². The summed E-state index contributed by atoms with van der Waals surface area (Å²) < 4.78 is 24.5. The Morgan fingerprint density at radius 1 is 0.800 bits per heavy atom. The van der Waals surface area contributed by atoms with Crippen molar-refractivity contribution >= 4 is 43.2 Å². The number of hydrogen-bond acceptors (Lipinski definition) is 9. The minimum absolute atomic E-state index is 0.0183. The quantitative estimate of drug-likeness (QED) is 0.0595. The van der Waals surface area contributed by atoms with Crippen molar-refractivity contribution in [2.45, 2.75) is 122 Å². The summed E-state index contributed by atoms with van der Waals surface area (Å²) in [5, 5.41) is 20.8. The molecule has 1 aliphatic rings. The van der Waals surface area contributed by atoms with Crippen molar-refractivity contribution < 1.29 is 33.3 Å². The molecule has 0 spiro atoms. The van der Waals surface area contributed by atoms with E-state index in [0.29, 0.717) is 56.4 Å². The summed E-state index contributed by atoms with van der Waals surface area (Å²) in [5.74, 6) is 1.49. The van der Waals surface area contributed by atoms with Gasteiger partial charge in [0.1, 0.15) is 29.0 Å². The van der Waals surface area contributed by atoms with Gasteiger partial charge in [-0.15, -0.1) is 0 Å². The lowest BCUT2D eigenvalue weighted by Crippen LogP contribution is -2.43. The number of carbonyl (C=O) groups excluding carboxylic acids is 2. The Kier molecular flexibility index (Phi) is 16.4. The SMILES string of the molecule is CC(C)(C)OC(=O)NC1CCC(OC(=O)Nc2cc(/C=C/Cc3ccc(Oc4ccc(CNC[C@H](O[Si](C)(C)C(C)(C)C)c5ccc(O)c6[nH]c(=O)ccc56)cc4)cc3)ccc2-c2ccccc2)CC1. The Morgan fingerprint density at radius 3 is 2.13 bits per heavy atom. The van der Waals surface area contributed by atoms with E-state index in [0.717, 1.165) is 50.3 Å². The molecule has 7 rings (SSSR count). The molecule has 1 heterocycles. The molecule has 0 radical (unpaired) electrons. The van der Waals surface area contributed by atoms with Gasteiger partial charge in [-0.1, -0.05) is 106 Å². The number of anilines is 1. The van der Waals surface area contributed by atoms with Gasteiger partial charge in [0, 0.05) is 36.1 Å². The largest absolute Gasteiger partial charge is 0.506 e. The molecule has 1 saturated carbocycles. The lowest BCUT2D eigenvalue weighted by Gasteiger charge is -2.39. The van der Waals surface area contributed by atoms with Crippen LogP contribution in [-0.4, -0.2) is 54.9 Å². The summed E-state index contributed by atoms with van der Waals surface area (Å²) in [6.45, 7) is 17.7. The summed E-state index contributed by atoms with van der Waals surface area (Å²) in [4.78, 5) is 40.4. The summed E-state index contributed by atoms with van der Waals surface area (Å²) in [6.07, 6.45) is 6.04. The molecule has 5 N–H and O–H groups in total. The zero-order valence-electron chi connectivity index (χ0n) is 41.7. The van der Waals surface area contributed by atoms with Crippen LogP contribution >= 0.6 is 0 Å². The normalized spacial score (nSPS) is 15.9. The highest BCUT2D eigenvalue weighted by Crippen LogP contribution is 2.41. The molecule has 368 valence electrons. The van der Waals surface area contributed by atoms with Crippen LogP contribution in [0.15, 0.2) is 132 Å². The van der Waals surface area contributed by atoms with Gasteiger partial charge in [-0.2, -0.15) is 0 Å². The van der Waals surface area contributed by atoms with Crippen molar-refractivity contribution in [1.82, 2.24) is 15.6 Å². The molecule has 70 heavy (non-hydrogen) atoms. The molecular weight excluding hydrogens is 897 g/mol. The number of ether oxygens (including phenoxy) is 3. The molecule has 0 saturated heterocycles. The first-order chi connectivity index (χ1) is 33.3. The summed E-state index contributed by atoms with van der Waals surface area (Å²) in [7, 11) is -2.21. The van der Waals surface area contributed by atoms with Crippen LogP contribution in [0.4, 0.5) is 15.3 Å². The highest BCUT2D eigenvalue weighted by atomic mass is 28.4. The summed E-state index contributed by atoms with van der Waals surface area (Å²) >= 11 is 0. The minimum Gasteiger partial charge on any atom is -0.506 e. The second kappa shape index (κ2) is 22.4. The molecule has 2 amide bonds. The second-order valence-corrected chi connectivity index (χ2v) is 25.4. The number of hydrogen-bond donors (Lipinski definition) is 5. The maximum Gasteiger partial charge on any atom is 0.411 e. The number of amides is 2. The smallest absolute Gasteiger partial charge is 0.411 e. The monoisotopic (exact) mass is 964 g/mol. The molecule has 12 nitrogen and oxygen atoms in total. The molecule has 1 aromatic heterocycles. The molecule has 6 aromatic rings. The lowest BCUT2D eigenvalue weighted by atomic mass is 9.93. The van der Waals surface area contributed by atoms with Crippen LogP contribution in [0.3, 0.4) is 0 Å². The summed E-state index contributed by atoms with van der Waals surface area (Å²) in [6, 6.07) is 38.7. The van der Waals surface area contributed by atoms with E-state index in [9.17, 15) is 19.5 Å². The van der Waals surface area contributed by atoms with Crippen LogP contribution in [0.2, 0.25) is 18.1 Å². The lowest BCUT2D eigenvalue weighted by molar-refractivity contribution is 0.0440. The molecule has 13 heteroatoms. The number of benzene rings is 5. The van der Waals surface area contributed by atoms with Gasteiger partial charge in [-0.3, -0.25) is 10.1 Å². The topological polar surface area (TPSA) is 160 Å². The number of aromatic nitrogens is 1. The van der Waals surface area contributed by atoms with E-state index < -0.39 is 26.1 Å². The Hall–Kier alpha value is -6.67. The predicted octanol–water partition coefficient (Wildman–Crippen LogP) is 13.2. The standard InChI is InChI=1S/C57H68N4O8Si/c1-56(2,3)68-55(65)59-42-22-28-45(29-23-42)67-54(64)60-49-35-39(21-30-46(49)41-15-10-9-11-16-41)14-12-13-38-17-24-43(25-18-38)66-44-26-19-40(20-27-44)36-58-37-51(69-70(7,8)57(4,5)6)47-31-33-50(62)53-48(47)32-34-52(63)61-53/h9-12,14-21,24-27,30-35,42,45,51,58,62H,13,22-23,28-29,36-37H2,1-8H3,(H,59,65)(H,60,64)(H,61,63)/b14-12+/t42?,45?,51-/m0/s1. The van der Waals surface area contributed by atoms with E-state index in [2.05, 4.69) is 73.0 Å². The molecule has 0 bridgehead atoms. The van der Waals surface area contributed by atoms with E-state index in [-0.39, 0.29) is 34.6 Å². The molecular formula is C57H68N4O8Si. The number of phenols is 1. The van der Waals surface area contributed by atoms with Crippen LogP contribution in [0, 0.1) is 0 Å². The number of alkyl carbamates (subject to hydrolysis) is 1. The number of aromatic amines is 1. The third-order valence-electron chi connectivity index (χ3n) is 12.9. The number of H-pyrrole nitrogens is 1. The fourth-order valence-corrected chi connectivity index (χ4v) is 9.47. The van der Waals surface area contributed by atoms with Crippen LogP contribution in [-0.2, 0) is 26.9 Å². The molecule has 1 atom stereocenters. The molecule has 1 fully saturated rings. The number of nitrogens with one attached hydrogen (secondary N) is 4. The van der Waals surface area contributed by atoms with Crippen LogP contribution in [0.25, 0.3) is 28.1 Å². The number of allylic oxidation sites excluding steroid dienone is 1. The Labute approximate surface area is 413 Å². The van der Waals surface area contributed by atoms with Gasteiger partial charge in [0.2, 0.25) is 5.56 Å². The fourth-order valence-electron chi connectivity index (χ4n) is 8.20. The molecule has 0 aliphatic heterocycles. The first-order valence-corrected chi connectivity index (χ1v) is 27.1. The van der Waals surface area contributed by atoms with Crippen molar-refractivity contribution in [3.05, 3.63) is 160 Å². The molecule has 1 aliphatic carbocycles. The minimum atomic E-state index is -2.21. The highest BCUT2D eigenvalue weighted by molar-refractivity contribution is 6.74. The van der Waals surface area contributed by atoms with Crippen molar-refractivity contribution in [3.8, 4) is 28.4 Å². The Morgan fingerprint density at radius 2 is 1.47 bits per heavy atom. The van der Waals surface area contributed by atoms with Crippen LogP contribution < -0.4 is 26.2 Å². The van der Waals surface area contributed by atoms with Crippen molar-refractivity contribution in [3.63, 3.8) is 0 Å². The number of pyridine rings is 1. The van der Waals surface area contributed by atoms with E-state index in [1.165, 1.54) is 6.07 Å². The maximum absolute atomic E-state index is 13.3. The van der Waals surface area contributed by atoms with E-state index in [1.807, 2.05) is 118 Å². The van der Waals surface area contributed by atoms with Crippen molar-refractivity contribution in [2.24, 2.45) is 0 Å². The third kappa shape index (κ3) is 14.2. The van der Waals surface area contributed by atoms with Gasteiger partial charge in [-0.25, -0.2) is 9.59 Å². The first-order valence-electron chi connectivity index (χ1n) is 24.2. The second-order valence-electron chi connectivity index (χ2n) is 20.6. The number of carbonyl (C=O) groups is 2. The Bertz CT molecular complexity index is 2810. The van der Waals surface area contributed by atoms with E-state index in [1.54, 1.807) is 12.1 Å². The molecule has 5 aromatic carbocycles. The third-order valence-corrected chi connectivity index (χ3v) is 17.4. The fraction of sp³-hybridized carbons (Fsp3) is 0.351. The van der Waals surface area contributed by atoms with Crippen molar-refractivity contribution in [2.75, 3.05) is 11.9 Å². The van der Waals surface area contributed by atoms with Gasteiger partial charge >= 0.3 is 12.2 Å². The van der Waals surface area contributed by atoms with Gasteiger partial charge in [0.25, 0.3) is 0 Å². The van der Waals surface area contributed by atoms with E-state index in [4.69, 9.17) is 18.6 Å². The number of aromatic hydroxyl groups is 1. The highest BCUT2D eigenvalue weighted by Gasteiger charge is 2.40. The predicted molar refractivity (Wildman–Crippen MR) is 282 cm³/mol. The van der Waals surface area contributed by atoms with E-state index >= 15 is 0 Å². The van der Waals surface area contributed by atoms with Gasteiger partial charge in [0.05, 0.1) is 17.3 Å². The average molecular weight is 965 g/mol. The zero-order chi connectivity index (χ0) is 50.1. The number of rotatable bonds is 16. The first kappa shape index (κ1) is 51.2. The Balaban J connectivity index is 0.918. The number of fused-ring (bicyclic) bond motifs is 1. The van der Waals surface area contributed by atoms with Gasteiger partial charge in [-0.05, 0) is 141 Å². The zero-order valence-corrected chi connectivity index (χ0v) is 42.7. The van der Waals surface area contributed by atoms with Gasteiger partial charge < -0.3 is 39.4 Å². The van der Waals surface area contributed by atoms with Gasteiger partial charge in [0.15, 0.2) is 8.32 Å².